The Morgan fingerprint density at radius 2 is 2.11 bits per heavy atom. The number of nitrogens with zero attached hydrogens (tertiary/aromatic N) is 5. The van der Waals surface area contributed by atoms with Crippen molar-refractivity contribution >= 4 is 17.4 Å². The van der Waals surface area contributed by atoms with Crippen LogP contribution in [0.4, 0.5) is 5.82 Å². The maximum absolute atomic E-state index is 9.65. The number of pyridine rings is 1. The Morgan fingerprint density at radius 3 is 2.74 bits per heavy atom. The molecule has 0 radical (unpaired) electrons. The first kappa shape index (κ1) is 16.9. The fraction of sp³-hybridized carbons (Fsp3) is 0.111. The van der Waals surface area contributed by atoms with E-state index < -0.39 is 0 Å². The van der Waals surface area contributed by atoms with E-state index in [0.29, 0.717) is 44.9 Å². The molecule has 4 aromatic rings. The molecule has 0 aliphatic rings. The van der Waals surface area contributed by atoms with Crippen molar-refractivity contribution < 1.29 is 8.94 Å². The third-order valence-corrected chi connectivity index (χ3v) is 4.48. The highest BCUT2D eigenvalue weighted by molar-refractivity contribution is 6.33. The molecule has 134 valence electrons. The number of aromatic nitrogens is 4. The standard InChI is InChI=1S/C18H13ClN6O2/c1-9-6-13(24-27-9)16-15(17(19)25(2)23-16)10-7-12(14-4-3-5-26-14)22-18(21)11(10)8-20/h3-7H,1-2H3,(H2,21,22). The molecule has 27 heavy (non-hydrogen) atoms. The second-order valence-corrected chi connectivity index (χ2v) is 6.22. The predicted octanol–water partition coefficient (Wildman–Crippen LogP) is 3.81. The van der Waals surface area contributed by atoms with Crippen LogP contribution in [-0.4, -0.2) is 19.9 Å². The van der Waals surface area contributed by atoms with Crippen molar-refractivity contribution in [1.29, 1.82) is 5.26 Å². The zero-order valence-corrected chi connectivity index (χ0v) is 15.2. The lowest BCUT2D eigenvalue weighted by molar-refractivity contribution is 0.399. The first-order valence-electron chi connectivity index (χ1n) is 7.90. The van der Waals surface area contributed by atoms with Crippen LogP contribution >= 0.6 is 11.6 Å². The van der Waals surface area contributed by atoms with Gasteiger partial charge in [-0.3, -0.25) is 4.68 Å². The van der Waals surface area contributed by atoms with Crippen LogP contribution in [0.3, 0.4) is 0 Å². The lowest BCUT2D eigenvalue weighted by Gasteiger charge is -2.09. The number of halogens is 1. The van der Waals surface area contributed by atoms with Crippen molar-refractivity contribution in [2.45, 2.75) is 6.92 Å². The molecule has 0 aliphatic heterocycles. The van der Waals surface area contributed by atoms with Gasteiger partial charge in [0.15, 0.2) is 5.76 Å². The maximum Gasteiger partial charge on any atom is 0.152 e. The molecule has 0 aliphatic carbocycles. The summed E-state index contributed by atoms with van der Waals surface area (Å²) in [5.41, 5.74) is 8.71. The SMILES string of the molecule is Cc1cc(-c2nn(C)c(Cl)c2-c2cc(-c3ccco3)nc(N)c2C#N)no1. The second-order valence-electron chi connectivity index (χ2n) is 5.87. The fourth-order valence-corrected chi connectivity index (χ4v) is 3.06. The lowest BCUT2D eigenvalue weighted by Crippen LogP contribution is -2.00. The van der Waals surface area contributed by atoms with Crippen molar-refractivity contribution in [1.82, 2.24) is 19.9 Å². The molecule has 0 saturated carbocycles. The molecule has 4 aromatic heterocycles. The van der Waals surface area contributed by atoms with Gasteiger partial charge in [-0.2, -0.15) is 10.4 Å². The van der Waals surface area contributed by atoms with Gasteiger partial charge in [0.2, 0.25) is 0 Å². The smallest absolute Gasteiger partial charge is 0.152 e. The largest absolute Gasteiger partial charge is 0.463 e. The minimum Gasteiger partial charge on any atom is -0.463 e. The Balaban J connectivity index is 2.03. The van der Waals surface area contributed by atoms with Crippen LogP contribution in [0.2, 0.25) is 5.15 Å². The number of rotatable bonds is 3. The third-order valence-electron chi connectivity index (χ3n) is 4.05. The Kier molecular flexibility index (Phi) is 3.94. The minimum atomic E-state index is 0.0728. The average molecular weight is 381 g/mol. The Bertz CT molecular complexity index is 1180. The van der Waals surface area contributed by atoms with Gasteiger partial charge in [-0.15, -0.1) is 0 Å². The lowest BCUT2D eigenvalue weighted by atomic mass is 9.99. The summed E-state index contributed by atoms with van der Waals surface area (Å²) in [5.74, 6) is 1.22. The number of aryl methyl sites for hydroxylation is 2. The Labute approximate surface area is 158 Å². The van der Waals surface area contributed by atoms with Gasteiger partial charge in [-0.1, -0.05) is 16.8 Å². The van der Waals surface area contributed by atoms with Gasteiger partial charge in [-0.25, -0.2) is 4.98 Å². The van der Waals surface area contributed by atoms with Crippen molar-refractivity contribution in [2.24, 2.45) is 7.05 Å². The summed E-state index contributed by atoms with van der Waals surface area (Å²) >= 11 is 6.51. The monoisotopic (exact) mass is 380 g/mol. The second kappa shape index (κ2) is 6.30. The van der Waals surface area contributed by atoms with Gasteiger partial charge < -0.3 is 14.7 Å². The van der Waals surface area contributed by atoms with Crippen LogP contribution in [-0.2, 0) is 7.05 Å². The van der Waals surface area contributed by atoms with Crippen LogP contribution in [0, 0.1) is 18.3 Å². The molecule has 0 saturated heterocycles. The topological polar surface area (TPSA) is 120 Å². The first-order valence-corrected chi connectivity index (χ1v) is 8.28. The summed E-state index contributed by atoms with van der Waals surface area (Å²) in [6.07, 6.45) is 1.53. The molecule has 0 bridgehead atoms. The first-order chi connectivity index (χ1) is 13.0. The molecule has 0 aromatic carbocycles. The van der Waals surface area contributed by atoms with Crippen molar-refractivity contribution in [3.8, 4) is 40.0 Å². The Hall–Kier alpha value is -3.57. The summed E-state index contributed by atoms with van der Waals surface area (Å²) in [7, 11) is 1.70. The van der Waals surface area contributed by atoms with Gasteiger partial charge in [0, 0.05) is 18.7 Å². The van der Waals surface area contributed by atoms with E-state index in [1.807, 2.05) is 0 Å². The van der Waals surface area contributed by atoms with Crippen LogP contribution in [0.25, 0.3) is 34.0 Å². The number of furan rings is 1. The van der Waals surface area contributed by atoms with E-state index in [9.17, 15) is 5.26 Å². The molecular weight excluding hydrogens is 368 g/mol. The fourth-order valence-electron chi connectivity index (χ4n) is 2.83. The minimum absolute atomic E-state index is 0.0728. The Morgan fingerprint density at radius 1 is 1.30 bits per heavy atom. The van der Waals surface area contributed by atoms with Crippen LogP contribution in [0.1, 0.15) is 11.3 Å². The van der Waals surface area contributed by atoms with Crippen LogP contribution in [0.5, 0.6) is 0 Å². The van der Waals surface area contributed by atoms with Gasteiger partial charge in [0.25, 0.3) is 0 Å². The van der Waals surface area contributed by atoms with E-state index in [-0.39, 0.29) is 11.4 Å². The zero-order valence-electron chi connectivity index (χ0n) is 14.4. The average Bonchev–Trinajstić information content (AvgIpc) is 3.36. The predicted molar refractivity (Wildman–Crippen MR) is 98.5 cm³/mol. The molecule has 0 spiro atoms. The number of nitrogen functional groups attached to an aromatic ring is 1. The summed E-state index contributed by atoms with van der Waals surface area (Å²) in [5, 5.41) is 18.4. The molecule has 8 nitrogen and oxygen atoms in total. The normalized spacial score (nSPS) is 10.9. The van der Waals surface area contributed by atoms with Crippen LogP contribution in [0.15, 0.2) is 39.5 Å². The molecule has 2 N–H and O–H groups in total. The van der Waals surface area contributed by atoms with Crippen molar-refractivity contribution in [3.63, 3.8) is 0 Å². The molecule has 9 heteroatoms. The van der Waals surface area contributed by atoms with E-state index in [0.717, 1.165) is 0 Å². The van der Waals surface area contributed by atoms with Gasteiger partial charge in [0.05, 0.1) is 11.8 Å². The number of nitrogens with two attached hydrogens (primary N) is 1. The van der Waals surface area contributed by atoms with Gasteiger partial charge in [0.1, 0.15) is 45.4 Å². The molecule has 4 heterocycles. The van der Waals surface area contributed by atoms with Crippen LogP contribution < -0.4 is 5.73 Å². The van der Waals surface area contributed by atoms with E-state index in [1.165, 1.54) is 10.9 Å². The maximum atomic E-state index is 9.65. The molecule has 4 rings (SSSR count). The zero-order chi connectivity index (χ0) is 19.1. The van der Waals surface area contributed by atoms with E-state index in [1.54, 1.807) is 38.2 Å². The summed E-state index contributed by atoms with van der Waals surface area (Å²) < 4.78 is 12.1. The third kappa shape index (κ3) is 2.74. The van der Waals surface area contributed by atoms with E-state index >= 15 is 0 Å². The number of hydrogen-bond acceptors (Lipinski definition) is 7. The molecular formula is C18H13ClN6O2. The van der Waals surface area contributed by atoms with Gasteiger partial charge in [-0.05, 0) is 25.1 Å². The molecule has 0 amide bonds. The highest BCUT2D eigenvalue weighted by Gasteiger charge is 2.25. The molecule has 0 unspecified atom stereocenters. The summed E-state index contributed by atoms with van der Waals surface area (Å²) in [4.78, 5) is 4.27. The van der Waals surface area contributed by atoms with E-state index in [4.69, 9.17) is 26.3 Å². The van der Waals surface area contributed by atoms with Crippen molar-refractivity contribution in [3.05, 3.63) is 47.0 Å². The molecule has 0 atom stereocenters. The highest BCUT2D eigenvalue weighted by Crippen LogP contribution is 2.40. The van der Waals surface area contributed by atoms with E-state index in [2.05, 4.69) is 21.3 Å². The number of nitriles is 1. The highest BCUT2D eigenvalue weighted by atomic mass is 35.5. The number of anilines is 1. The summed E-state index contributed by atoms with van der Waals surface area (Å²) in [6, 6.07) is 9.04. The van der Waals surface area contributed by atoms with Crippen molar-refractivity contribution in [2.75, 3.05) is 5.73 Å². The quantitative estimate of drug-likeness (QED) is 0.573. The summed E-state index contributed by atoms with van der Waals surface area (Å²) in [6.45, 7) is 1.78. The molecule has 0 fully saturated rings. The van der Waals surface area contributed by atoms with Gasteiger partial charge >= 0.3 is 0 Å². The number of hydrogen-bond donors (Lipinski definition) is 1.